The molecule has 0 heterocycles. The minimum absolute atomic E-state index is 0.135. The predicted molar refractivity (Wildman–Crippen MR) is 69.6 cm³/mol. The van der Waals surface area contributed by atoms with Gasteiger partial charge in [0.2, 0.25) is 0 Å². The fourth-order valence-corrected chi connectivity index (χ4v) is 1.80. The first kappa shape index (κ1) is 14.2. The average Bonchev–Trinajstić information content (AvgIpc) is 3.19. The summed E-state index contributed by atoms with van der Waals surface area (Å²) in [5, 5.41) is 12.9. The van der Waals surface area contributed by atoms with Crippen molar-refractivity contribution in [3.8, 4) is 5.75 Å². The van der Waals surface area contributed by atoms with Crippen LogP contribution < -0.4 is 10.1 Å². The molecule has 0 amide bonds. The number of nitrogens with one attached hydrogen (secondary N) is 1. The van der Waals surface area contributed by atoms with Crippen molar-refractivity contribution in [2.75, 3.05) is 20.3 Å². The Kier molecular flexibility index (Phi) is 5.13. The number of aliphatic hydroxyl groups is 1. The first-order valence-corrected chi connectivity index (χ1v) is 6.50. The summed E-state index contributed by atoms with van der Waals surface area (Å²) in [5.74, 6) is 0.321. The van der Waals surface area contributed by atoms with Crippen molar-refractivity contribution < 1.29 is 19.0 Å². The van der Waals surface area contributed by atoms with Crippen LogP contribution in [0, 0.1) is 5.82 Å². The van der Waals surface area contributed by atoms with Crippen molar-refractivity contribution >= 4 is 0 Å². The van der Waals surface area contributed by atoms with E-state index < -0.39 is 6.10 Å². The fraction of sp³-hybridized carbons (Fsp3) is 0.571. The topological polar surface area (TPSA) is 50.7 Å². The van der Waals surface area contributed by atoms with Crippen LogP contribution in [-0.2, 0) is 11.3 Å². The number of methoxy groups -OCH3 is 1. The Labute approximate surface area is 112 Å². The van der Waals surface area contributed by atoms with Crippen molar-refractivity contribution in [3.63, 3.8) is 0 Å². The highest BCUT2D eigenvalue weighted by Gasteiger charge is 2.20. The van der Waals surface area contributed by atoms with Crippen molar-refractivity contribution in [1.82, 2.24) is 5.32 Å². The minimum Gasteiger partial charge on any atom is -0.490 e. The van der Waals surface area contributed by atoms with Gasteiger partial charge in [0.15, 0.2) is 0 Å². The zero-order chi connectivity index (χ0) is 13.7. The molecular formula is C14H20FNO3. The fourth-order valence-electron chi connectivity index (χ4n) is 1.80. The third-order valence-electron chi connectivity index (χ3n) is 2.97. The average molecular weight is 269 g/mol. The van der Waals surface area contributed by atoms with Gasteiger partial charge in [0, 0.05) is 25.3 Å². The summed E-state index contributed by atoms with van der Waals surface area (Å²) < 4.78 is 23.6. The summed E-state index contributed by atoms with van der Waals surface area (Å²) >= 11 is 0. The van der Waals surface area contributed by atoms with Crippen LogP contribution in [0.3, 0.4) is 0 Å². The molecule has 0 radical (unpaired) electrons. The second-order valence-corrected chi connectivity index (χ2v) is 4.83. The van der Waals surface area contributed by atoms with E-state index in [2.05, 4.69) is 5.32 Å². The summed E-state index contributed by atoms with van der Waals surface area (Å²) in [6.07, 6.45) is 1.68. The zero-order valence-corrected chi connectivity index (χ0v) is 11.1. The van der Waals surface area contributed by atoms with Gasteiger partial charge >= 0.3 is 0 Å². The van der Waals surface area contributed by atoms with E-state index in [1.807, 2.05) is 0 Å². The van der Waals surface area contributed by atoms with Gasteiger partial charge < -0.3 is 19.9 Å². The SMILES string of the molecule is COCC(O)COc1ccc(F)cc1CNC1CC1. The van der Waals surface area contributed by atoms with Gasteiger partial charge in [-0.3, -0.25) is 0 Å². The largest absolute Gasteiger partial charge is 0.490 e. The van der Waals surface area contributed by atoms with Gasteiger partial charge in [-0.1, -0.05) is 0 Å². The summed E-state index contributed by atoms with van der Waals surface area (Å²) in [6.45, 7) is 0.935. The van der Waals surface area contributed by atoms with Crippen LogP contribution in [0.2, 0.25) is 0 Å². The molecule has 2 N–H and O–H groups in total. The van der Waals surface area contributed by atoms with E-state index in [1.54, 1.807) is 6.07 Å². The van der Waals surface area contributed by atoms with Crippen LogP contribution in [0.25, 0.3) is 0 Å². The highest BCUT2D eigenvalue weighted by Crippen LogP contribution is 2.23. The van der Waals surface area contributed by atoms with Gasteiger partial charge in [0.25, 0.3) is 0 Å². The van der Waals surface area contributed by atoms with E-state index in [0.717, 1.165) is 5.56 Å². The second-order valence-electron chi connectivity index (χ2n) is 4.83. The Hall–Kier alpha value is -1.17. The third kappa shape index (κ3) is 4.78. The van der Waals surface area contributed by atoms with Crippen molar-refractivity contribution in [2.45, 2.75) is 31.5 Å². The Balaban J connectivity index is 1.92. The molecule has 0 spiro atoms. The van der Waals surface area contributed by atoms with Gasteiger partial charge in [0.1, 0.15) is 24.3 Å². The molecule has 5 heteroatoms. The summed E-state index contributed by atoms with van der Waals surface area (Å²) in [7, 11) is 1.52. The van der Waals surface area contributed by atoms with E-state index >= 15 is 0 Å². The number of halogens is 1. The number of hydrogen-bond donors (Lipinski definition) is 2. The molecule has 1 aliphatic carbocycles. The van der Waals surface area contributed by atoms with Crippen LogP contribution in [0.4, 0.5) is 4.39 Å². The highest BCUT2D eigenvalue weighted by atomic mass is 19.1. The van der Waals surface area contributed by atoms with Gasteiger partial charge in [0.05, 0.1) is 6.61 Å². The molecule has 1 aromatic carbocycles. The maximum Gasteiger partial charge on any atom is 0.124 e. The molecule has 1 unspecified atom stereocenters. The summed E-state index contributed by atoms with van der Waals surface area (Å²) in [5.41, 5.74) is 0.775. The molecule has 0 aromatic heterocycles. The maximum atomic E-state index is 13.3. The number of benzene rings is 1. The second kappa shape index (κ2) is 6.84. The standard InChI is InChI=1S/C14H20FNO3/c1-18-8-13(17)9-19-14-5-2-11(15)6-10(14)7-16-12-3-4-12/h2,5-6,12-13,16-17H,3-4,7-9H2,1H3. The molecule has 106 valence electrons. The summed E-state index contributed by atoms with van der Waals surface area (Å²) in [6, 6.07) is 4.97. The molecule has 1 aliphatic rings. The Morgan fingerprint density at radius 1 is 1.42 bits per heavy atom. The highest BCUT2D eigenvalue weighted by molar-refractivity contribution is 5.34. The van der Waals surface area contributed by atoms with E-state index in [9.17, 15) is 9.50 Å². The van der Waals surface area contributed by atoms with Crippen LogP contribution in [0.15, 0.2) is 18.2 Å². The van der Waals surface area contributed by atoms with Gasteiger partial charge in [-0.05, 0) is 31.0 Å². The molecule has 0 aliphatic heterocycles. The first-order valence-electron chi connectivity index (χ1n) is 6.50. The molecule has 4 nitrogen and oxygen atoms in total. The van der Waals surface area contributed by atoms with E-state index in [0.29, 0.717) is 18.3 Å². The van der Waals surface area contributed by atoms with Crippen LogP contribution >= 0.6 is 0 Å². The van der Waals surface area contributed by atoms with E-state index in [1.165, 1.54) is 32.1 Å². The third-order valence-corrected chi connectivity index (χ3v) is 2.97. The molecule has 1 atom stereocenters. The van der Waals surface area contributed by atoms with Gasteiger partial charge in [-0.2, -0.15) is 0 Å². The predicted octanol–water partition coefficient (Wildman–Crippen LogP) is 1.46. The first-order chi connectivity index (χ1) is 9.19. The lowest BCUT2D eigenvalue weighted by Crippen LogP contribution is -2.23. The van der Waals surface area contributed by atoms with Crippen molar-refractivity contribution in [3.05, 3.63) is 29.6 Å². The smallest absolute Gasteiger partial charge is 0.124 e. The lowest BCUT2D eigenvalue weighted by atomic mass is 10.2. The number of ether oxygens (including phenoxy) is 2. The Morgan fingerprint density at radius 3 is 2.89 bits per heavy atom. The normalized spacial score (nSPS) is 16.4. The number of hydrogen-bond acceptors (Lipinski definition) is 4. The molecule has 2 rings (SSSR count). The van der Waals surface area contributed by atoms with Crippen LogP contribution in [-0.4, -0.2) is 37.6 Å². The van der Waals surface area contributed by atoms with Crippen molar-refractivity contribution in [2.24, 2.45) is 0 Å². The lowest BCUT2D eigenvalue weighted by molar-refractivity contribution is 0.0323. The maximum absolute atomic E-state index is 13.3. The Morgan fingerprint density at radius 2 is 2.21 bits per heavy atom. The van der Waals surface area contributed by atoms with Crippen molar-refractivity contribution in [1.29, 1.82) is 0 Å². The quantitative estimate of drug-likeness (QED) is 0.750. The monoisotopic (exact) mass is 269 g/mol. The molecule has 0 bridgehead atoms. The lowest BCUT2D eigenvalue weighted by Gasteiger charge is -2.15. The van der Waals surface area contributed by atoms with E-state index in [-0.39, 0.29) is 19.0 Å². The molecule has 0 saturated heterocycles. The molecule has 1 saturated carbocycles. The molecule has 1 aromatic rings. The van der Waals surface area contributed by atoms with Gasteiger partial charge in [-0.15, -0.1) is 0 Å². The molecular weight excluding hydrogens is 249 g/mol. The number of rotatable bonds is 8. The molecule has 19 heavy (non-hydrogen) atoms. The van der Waals surface area contributed by atoms with E-state index in [4.69, 9.17) is 9.47 Å². The number of aliphatic hydroxyl groups excluding tert-OH is 1. The Bertz CT molecular complexity index is 410. The molecule has 1 fully saturated rings. The van der Waals surface area contributed by atoms with Gasteiger partial charge in [-0.25, -0.2) is 4.39 Å². The summed E-state index contributed by atoms with van der Waals surface area (Å²) in [4.78, 5) is 0. The minimum atomic E-state index is -0.681. The zero-order valence-electron chi connectivity index (χ0n) is 11.1. The van der Waals surface area contributed by atoms with Crippen LogP contribution in [0.5, 0.6) is 5.75 Å². The van der Waals surface area contributed by atoms with Crippen LogP contribution in [0.1, 0.15) is 18.4 Å².